The minimum absolute atomic E-state index is 0.227. The Kier molecular flexibility index (Phi) is 11.4. The zero-order valence-corrected chi connectivity index (χ0v) is 22.3. The fourth-order valence-corrected chi connectivity index (χ4v) is 5.78. The first-order valence-corrected chi connectivity index (χ1v) is 12.3. The van der Waals surface area contributed by atoms with Crippen LogP contribution in [0.4, 0.5) is 0 Å². The number of ether oxygens (including phenoxy) is 2. The van der Waals surface area contributed by atoms with Gasteiger partial charge in [-0.15, -0.1) is 0 Å². The molecule has 0 radical (unpaired) electrons. The third kappa shape index (κ3) is 12.5. The van der Waals surface area contributed by atoms with Crippen LogP contribution < -0.4 is 21.3 Å². The lowest BCUT2D eigenvalue weighted by molar-refractivity contribution is 0.122. The number of piperidine rings is 2. The van der Waals surface area contributed by atoms with Crippen LogP contribution in [0, 0.1) is 0 Å². The lowest BCUT2D eigenvalue weighted by Gasteiger charge is -2.46. The minimum atomic E-state index is 0.227. The van der Waals surface area contributed by atoms with E-state index in [0.717, 1.165) is 32.9 Å². The monoisotopic (exact) mass is 442 g/mol. The van der Waals surface area contributed by atoms with Crippen LogP contribution in [0.1, 0.15) is 88.0 Å². The first-order chi connectivity index (χ1) is 14.2. The summed E-state index contributed by atoms with van der Waals surface area (Å²) in [6.45, 7) is 24.6. The van der Waals surface area contributed by atoms with Crippen LogP contribution in [-0.4, -0.2) is 74.3 Å². The van der Waals surface area contributed by atoms with Gasteiger partial charge in [-0.3, -0.25) is 0 Å². The van der Waals surface area contributed by atoms with Gasteiger partial charge in [-0.2, -0.15) is 0 Å². The van der Waals surface area contributed by atoms with E-state index in [1.54, 1.807) is 7.11 Å². The molecule has 0 amide bonds. The molecule has 4 N–H and O–H groups in total. The standard InChI is InChI=1S/C13H28N2O.C12H26N2O/c1-6-16-8-7-14-11-9-12(2,3)15-13(4,5)10-11;1-11(2)8-10(13-6-7-15-5)9-12(3,4)14-11/h11,14-15H,6-10H2,1-5H3;10,13-14H,6-9H2,1-5H3. The van der Waals surface area contributed by atoms with Crippen LogP contribution in [0.15, 0.2) is 0 Å². The predicted molar refractivity (Wildman–Crippen MR) is 133 cm³/mol. The molecule has 0 spiro atoms. The van der Waals surface area contributed by atoms with Gasteiger partial charge < -0.3 is 30.7 Å². The Balaban J connectivity index is 0.000000311. The van der Waals surface area contributed by atoms with Gasteiger partial charge in [-0.25, -0.2) is 0 Å². The molecule has 0 aromatic rings. The van der Waals surface area contributed by atoms with Gasteiger partial charge >= 0.3 is 0 Å². The van der Waals surface area contributed by atoms with Crippen LogP contribution in [-0.2, 0) is 9.47 Å². The average molecular weight is 443 g/mol. The van der Waals surface area contributed by atoms with Crippen LogP contribution in [0.3, 0.4) is 0 Å². The van der Waals surface area contributed by atoms with Crippen LogP contribution in [0.2, 0.25) is 0 Å². The topological polar surface area (TPSA) is 66.6 Å². The third-order valence-electron chi connectivity index (χ3n) is 6.00. The number of nitrogens with one attached hydrogen (secondary N) is 4. The summed E-state index contributed by atoms with van der Waals surface area (Å²) in [5, 5.41) is 14.5. The highest BCUT2D eigenvalue weighted by Gasteiger charge is 2.38. The van der Waals surface area contributed by atoms with Gasteiger partial charge in [0.05, 0.1) is 13.2 Å². The Labute approximate surface area is 193 Å². The number of hydrogen-bond donors (Lipinski definition) is 4. The molecule has 0 aromatic carbocycles. The number of methoxy groups -OCH3 is 1. The van der Waals surface area contributed by atoms with Crippen LogP contribution >= 0.6 is 0 Å². The van der Waals surface area contributed by atoms with Crippen molar-refractivity contribution in [3.63, 3.8) is 0 Å². The molecule has 6 nitrogen and oxygen atoms in total. The largest absolute Gasteiger partial charge is 0.383 e. The Morgan fingerprint density at radius 1 is 0.677 bits per heavy atom. The van der Waals surface area contributed by atoms with Crippen molar-refractivity contribution in [1.82, 2.24) is 21.3 Å². The molecular formula is C25H54N4O2. The molecule has 0 bridgehead atoms. The summed E-state index contributed by atoms with van der Waals surface area (Å²) in [7, 11) is 1.75. The molecule has 0 unspecified atom stereocenters. The molecule has 0 saturated carbocycles. The smallest absolute Gasteiger partial charge is 0.0590 e. The van der Waals surface area contributed by atoms with E-state index in [1.165, 1.54) is 25.7 Å². The van der Waals surface area contributed by atoms with E-state index in [2.05, 4.69) is 76.7 Å². The summed E-state index contributed by atoms with van der Waals surface area (Å²) in [5.74, 6) is 0. The molecule has 2 rings (SSSR count). The molecule has 186 valence electrons. The number of rotatable bonds is 9. The fourth-order valence-electron chi connectivity index (χ4n) is 5.78. The van der Waals surface area contributed by atoms with Crippen LogP contribution in [0.5, 0.6) is 0 Å². The number of hydrogen-bond acceptors (Lipinski definition) is 6. The summed E-state index contributed by atoms with van der Waals surface area (Å²) < 4.78 is 10.4. The van der Waals surface area contributed by atoms with E-state index in [0.29, 0.717) is 12.1 Å². The predicted octanol–water partition coefficient (Wildman–Crippen LogP) is 3.45. The average Bonchev–Trinajstić information content (AvgIpc) is 2.54. The first kappa shape index (κ1) is 28.8. The van der Waals surface area contributed by atoms with Crippen molar-refractivity contribution in [3.05, 3.63) is 0 Å². The van der Waals surface area contributed by atoms with Gasteiger partial charge in [0, 0.05) is 61.0 Å². The molecule has 2 aliphatic heterocycles. The van der Waals surface area contributed by atoms with Gasteiger partial charge in [0.25, 0.3) is 0 Å². The maximum absolute atomic E-state index is 5.35. The summed E-state index contributed by atoms with van der Waals surface area (Å²) in [4.78, 5) is 0. The van der Waals surface area contributed by atoms with E-state index in [1.807, 2.05) is 6.92 Å². The summed E-state index contributed by atoms with van der Waals surface area (Å²) in [6.07, 6.45) is 4.73. The Morgan fingerprint density at radius 3 is 1.35 bits per heavy atom. The summed E-state index contributed by atoms with van der Waals surface area (Å²) in [5.41, 5.74) is 0.912. The first-order valence-electron chi connectivity index (χ1n) is 12.3. The van der Waals surface area contributed by atoms with Gasteiger partial charge in [0.15, 0.2) is 0 Å². The second kappa shape index (κ2) is 12.3. The van der Waals surface area contributed by atoms with E-state index < -0.39 is 0 Å². The lowest BCUT2D eigenvalue weighted by Crippen LogP contribution is -2.61. The van der Waals surface area contributed by atoms with Crippen molar-refractivity contribution in [2.75, 3.05) is 40.0 Å². The molecule has 2 aliphatic rings. The Morgan fingerprint density at radius 2 is 1.03 bits per heavy atom. The molecule has 0 aliphatic carbocycles. The highest BCUT2D eigenvalue weighted by atomic mass is 16.5. The quantitative estimate of drug-likeness (QED) is 0.410. The van der Waals surface area contributed by atoms with Crippen molar-refractivity contribution in [3.8, 4) is 0 Å². The summed E-state index contributed by atoms with van der Waals surface area (Å²) >= 11 is 0. The highest BCUT2D eigenvalue weighted by molar-refractivity contribution is 5.00. The van der Waals surface area contributed by atoms with E-state index >= 15 is 0 Å². The highest BCUT2D eigenvalue weighted by Crippen LogP contribution is 2.29. The minimum Gasteiger partial charge on any atom is -0.383 e. The maximum atomic E-state index is 5.35. The Bertz CT molecular complexity index is 474. The fraction of sp³-hybridized carbons (Fsp3) is 1.00. The van der Waals surface area contributed by atoms with Gasteiger partial charge in [0.2, 0.25) is 0 Å². The van der Waals surface area contributed by atoms with E-state index in [-0.39, 0.29) is 22.2 Å². The van der Waals surface area contributed by atoms with Gasteiger partial charge in [0.1, 0.15) is 0 Å². The van der Waals surface area contributed by atoms with Crippen LogP contribution in [0.25, 0.3) is 0 Å². The maximum Gasteiger partial charge on any atom is 0.0590 e. The molecule has 0 aromatic heterocycles. The van der Waals surface area contributed by atoms with Crippen molar-refractivity contribution in [2.45, 2.75) is 122 Å². The second-order valence-corrected chi connectivity index (χ2v) is 12.1. The zero-order chi connectivity index (χ0) is 23.8. The van der Waals surface area contributed by atoms with Crippen molar-refractivity contribution in [1.29, 1.82) is 0 Å². The lowest BCUT2D eigenvalue weighted by atomic mass is 9.79. The second-order valence-electron chi connectivity index (χ2n) is 12.1. The molecule has 0 atom stereocenters. The zero-order valence-electron chi connectivity index (χ0n) is 22.3. The molecule has 2 heterocycles. The molecule has 2 fully saturated rings. The van der Waals surface area contributed by atoms with Gasteiger partial charge in [-0.1, -0.05) is 0 Å². The van der Waals surface area contributed by atoms with Crippen molar-refractivity contribution < 1.29 is 9.47 Å². The molecule has 6 heteroatoms. The Hall–Kier alpha value is -0.240. The van der Waals surface area contributed by atoms with E-state index in [9.17, 15) is 0 Å². The normalized spacial score (nSPS) is 25.0. The summed E-state index contributed by atoms with van der Waals surface area (Å²) in [6, 6.07) is 1.21. The van der Waals surface area contributed by atoms with Crippen molar-refractivity contribution in [2.24, 2.45) is 0 Å². The third-order valence-corrected chi connectivity index (χ3v) is 6.00. The van der Waals surface area contributed by atoms with E-state index in [4.69, 9.17) is 9.47 Å². The SMILES string of the molecule is CCOCCNC1CC(C)(C)NC(C)(C)C1.COCCNC1CC(C)(C)NC(C)(C)C1. The van der Waals surface area contributed by atoms with Crippen molar-refractivity contribution >= 4 is 0 Å². The molecular weight excluding hydrogens is 388 g/mol. The molecule has 2 saturated heterocycles. The van der Waals surface area contributed by atoms with Gasteiger partial charge in [-0.05, 0) is 88.0 Å². The molecule has 31 heavy (non-hydrogen) atoms.